The van der Waals surface area contributed by atoms with E-state index in [1.54, 1.807) is 23.1 Å². The van der Waals surface area contributed by atoms with Gasteiger partial charge in [-0.1, -0.05) is 61.3 Å². The second-order valence-corrected chi connectivity index (χ2v) is 11.0. The molecule has 210 valence electrons. The number of piperazine rings is 1. The van der Waals surface area contributed by atoms with Gasteiger partial charge in [0, 0.05) is 66.9 Å². The van der Waals surface area contributed by atoms with Crippen LogP contribution in [0.5, 0.6) is 0 Å². The summed E-state index contributed by atoms with van der Waals surface area (Å²) in [6.07, 6.45) is 2.32. The SMILES string of the molecule is CCC(O)(CC)c1ccccc1N1CCN(C(=O)[C@@H](Cc2ccc(Cl)cc2Cl)NC(=O)N2CCCC2=O)CC1. The summed E-state index contributed by atoms with van der Waals surface area (Å²) in [5.41, 5.74) is 1.64. The zero-order valence-electron chi connectivity index (χ0n) is 22.5. The summed E-state index contributed by atoms with van der Waals surface area (Å²) >= 11 is 12.5. The summed E-state index contributed by atoms with van der Waals surface area (Å²) in [5, 5.41) is 14.9. The van der Waals surface area contributed by atoms with Crippen molar-refractivity contribution < 1.29 is 19.5 Å². The number of benzene rings is 2. The number of urea groups is 1. The Kier molecular flexibility index (Phi) is 9.41. The van der Waals surface area contributed by atoms with Crippen LogP contribution in [-0.4, -0.2) is 71.5 Å². The van der Waals surface area contributed by atoms with Gasteiger partial charge in [-0.15, -0.1) is 0 Å². The first-order valence-electron chi connectivity index (χ1n) is 13.6. The van der Waals surface area contributed by atoms with Crippen LogP contribution in [0.15, 0.2) is 42.5 Å². The Morgan fingerprint density at radius 2 is 1.72 bits per heavy atom. The first-order chi connectivity index (χ1) is 18.7. The summed E-state index contributed by atoms with van der Waals surface area (Å²) in [5.74, 6) is -0.470. The number of anilines is 1. The number of imide groups is 1. The lowest BCUT2D eigenvalue weighted by Gasteiger charge is -2.40. The molecule has 2 saturated heterocycles. The Morgan fingerprint density at radius 1 is 1.03 bits per heavy atom. The summed E-state index contributed by atoms with van der Waals surface area (Å²) < 4.78 is 0. The van der Waals surface area contributed by atoms with Gasteiger partial charge in [-0.3, -0.25) is 14.5 Å². The highest BCUT2D eigenvalue weighted by atomic mass is 35.5. The molecule has 0 radical (unpaired) electrons. The van der Waals surface area contributed by atoms with Crippen LogP contribution in [0, 0.1) is 0 Å². The van der Waals surface area contributed by atoms with Crippen LogP contribution in [0.2, 0.25) is 10.0 Å². The van der Waals surface area contributed by atoms with E-state index in [1.807, 2.05) is 38.1 Å². The highest BCUT2D eigenvalue weighted by molar-refractivity contribution is 6.35. The minimum Gasteiger partial charge on any atom is -0.385 e. The van der Waals surface area contributed by atoms with E-state index in [-0.39, 0.29) is 18.2 Å². The van der Waals surface area contributed by atoms with Crippen molar-refractivity contribution in [2.75, 3.05) is 37.6 Å². The number of rotatable bonds is 8. The van der Waals surface area contributed by atoms with Crippen LogP contribution in [0.4, 0.5) is 10.5 Å². The molecule has 4 rings (SSSR count). The number of hydrogen-bond acceptors (Lipinski definition) is 5. The summed E-state index contributed by atoms with van der Waals surface area (Å²) in [6, 6.07) is 11.5. The molecular formula is C29H36Cl2N4O4. The monoisotopic (exact) mass is 574 g/mol. The lowest BCUT2D eigenvalue weighted by Crippen LogP contribution is -2.57. The summed E-state index contributed by atoms with van der Waals surface area (Å²) in [6.45, 7) is 6.37. The van der Waals surface area contributed by atoms with E-state index in [1.165, 1.54) is 4.90 Å². The minimum absolute atomic E-state index is 0.172. The Morgan fingerprint density at radius 3 is 2.33 bits per heavy atom. The Hall–Kier alpha value is -2.81. The molecule has 0 aliphatic carbocycles. The maximum absolute atomic E-state index is 13.8. The minimum atomic E-state index is -0.913. The van der Waals surface area contributed by atoms with Crippen LogP contribution in [0.25, 0.3) is 0 Å². The first kappa shape index (κ1) is 29.2. The van der Waals surface area contributed by atoms with Crippen LogP contribution < -0.4 is 10.2 Å². The third-order valence-corrected chi connectivity index (χ3v) is 8.45. The van der Waals surface area contributed by atoms with E-state index in [4.69, 9.17) is 23.2 Å². The maximum atomic E-state index is 13.8. The molecule has 39 heavy (non-hydrogen) atoms. The molecule has 4 amide bonds. The number of halogens is 2. The van der Waals surface area contributed by atoms with Crippen molar-refractivity contribution in [1.29, 1.82) is 0 Å². The molecule has 0 saturated carbocycles. The number of nitrogens with zero attached hydrogens (tertiary/aromatic N) is 3. The first-order valence-corrected chi connectivity index (χ1v) is 14.3. The highest BCUT2D eigenvalue weighted by Crippen LogP contribution is 2.36. The second-order valence-electron chi connectivity index (χ2n) is 10.2. The fourth-order valence-electron chi connectivity index (χ4n) is 5.36. The second kappa shape index (κ2) is 12.6. The van der Waals surface area contributed by atoms with E-state index >= 15 is 0 Å². The maximum Gasteiger partial charge on any atom is 0.324 e. The Labute approximate surface area is 239 Å². The standard InChI is InChI=1S/C29H36Cl2N4O4/c1-3-29(39,4-2)22-8-5-6-9-25(22)33-14-16-34(17-15-33)27(37)24(18-20-11-12-21(30)19-23(20)31)32-28(38)35-13-7-10-26(35)36/h5-6,8-9,11-12,19,24,39H,3-4,7,10,13-18H2,1-2H3,(H,32,38)/t24-/m1/s1. The van der Waals surface area contributed by atoms with Gasteiger partial charge in [0.2, 0.25) is 11.8 Å². The van der Waals surface area contributed by atoms with Gasteiger partial charge in [0.1, 0.15) is 6.04 Å². The van der Waals surface area contributed by atoms with E-state index < -0.39 is 17.7 Å². The van der Waals surface area contributed by atoms with Crippen molar-refractivity contribution in [3.63, 3.8) is 0 Å². The van der Waals surface area contributed by atoms with Crippen LogP contribution in [0.1, 0.15) is 50.7 Å². The molecule has 2 N–H and O–H groups in total. The quantitative estimate of drug-likeness (QED) is 0.481. The molecule has 2 fully saturated rings. The van der Waals surface area contributed by atoms with Gasteiger partial charge in [-0.25, -0.2) is 4.79 Å². The average Bonchev–Trinajstić information content (AvgIpc) is 3.39. The molecule has 2 aliphatic rings. The molecule has 0 aromatic heterocycles. The number of carbonyl (C=O) groups is 3. The van der Waals surface area contributed by atoms with E-state index in [0.717, 1.165) is 11.3 Å². The van der Waals surface area contributed by atoms with Crippen molar-refractivity contribution in [3.8, 4) is 0 Å². The fraction of sp³-hybridized carbons (Fsp3) is 0.483. The average molecular weight is 576 g/mol. The van der Waals surface area contributed by atoms with Gasteiger partial charge in [-0.2, -0.15) is 0 Å². The van der Waals surface area contributed by atoms with E-state index in [2.05, 4.69) is 10.2 Å². The van der Waals surface area contributed by atoms with Gasteiger partial charge in [0.05, 0.1) is 5.60 Å². The largest absolute Gasteiger partial charge is 0.385 e. The molecule has 1 atom stereocenters. The van der Waals surface area contributed by atoms with Crippen molar-refractivity contribution in [3.05, 3.63) is 63.6 Å². The lowest BCUT2D eigenvalue weighted by molar-refractivity contribution is -0.134. The summed E-state index contributed by atoms with van der Waals surface area (Å²) in [7, 11) is 0. The highest BCUT2D eigenvalue weighted by Gasteiger charge is 2.35. The number of aliphatic hydroxyl groups is 1. The van der Waals surface area contributed by atoms with Crippen molar-refractivity contribution in [1.82, 2.24) is 15.1 Å². The van der Waals surface area contributed by atoms with Gasteiger partial charge in [0.15, 0.2) is 0 Å². The molecule has 2 aromatic rings. The summed E-state index contributed by atoms with van der Waals surface area (Å²) in [4.78, 5) is 43.9. The van der Waals surface area contributed by atoms with Crippen molar-refractivity contribution >= 4 is 46.7 Å². The van der Waals surface area contributed by atoms with Crippen LogP contribution in [-0.2, 0) is 21.6 Å². The topological polar surface area (TPSA) is 93.2 Å². The number of amides is 4. The molecule has 2 aromatic carbocycles. The molecule has 0 bridgehead atoms. The van der Waals surface area contributed by atoms with Crippen LogP contribution >= 0.6 is 23.2 Å². The predicted octanol–water partition coefficient (Wildman–Crippen LogP) is 4.59. The third kappa shape index (κ3) is 6.51. The molecule has 10 heteroatoms. The normalized spacial score (nSPS) is 16.9. The van der Waals surface area contributed by atoms with Gasteiger partial charge in [0.25, 0.3) is 0 Å². The zero-order valence-corrected chi connectivity index (χ0v) is 24.0. The third-order valence-electron chi connectivity index (χ3n) is 7.86. The molecular weight excluding hydrogens is 539 g/mol. The smallest absolute Gasteiger partial charge is 0.324 e. The van der Waals surface area contributed by atoms with Crippen molar-refractivity contribution in [2.24, 2.45) is 0 Å². The van der Waals surface area contributed by atoms with Crippen LogP contribution in [0.3, 0.4) is 0 Å². The number of nitrogens with one attached hydrogen (secondary N) is 1. The number of hydrogen-bond donors (Lipinski definition) is 2. The Bertz CT molecular complexity index is 1210. The van der Waals surface area contributed by atoms with Gasteiger partial charge in [-0.05, 0) is 43.0 Å². The number of carbonyl (C=O) groups excluding carboxylic acids is 3. The fourth-order valence-corrected chi connectivity index (χ4v) is 5.84. The van der Waals surface area contributed by atoms with Gasteiger partial charge >= 0.3 is 6.03 Å². The molecule has 8 nitrogen and oxygen atoms in total. The molecule has 0 spiro atoms. The molecule has 0 unspecified atom stereocenters. The molecule has 2 aliphatic heterocycles. The number of para-hydroxylation sites is 1. The van der Waals surface area contributed by atoms with E-state index in [9.17, 15) is 19.5 Å². The van der Waals surface area contributed by atoms with Crippen molar-refractivity contribution in [2.45, 2.75) is 57.6 Å². The van der Waals surface area contributed by atoms with Gasteiger partial charge < -0.3 is 20.2 Å². The predicted molar refractivity (Wildman–Crippen MR) is 153 cm³/mol. The zero-order chi connectivity index (χ0) is 28.2. The Balaban J connectivity index is 1.50. The molecule has 2 heterocycles. The van der Waals surface area contributed by atoms with E-state index in [0.29, 0.717) is 74.0 Å². The lowest BCUT2D eigenvalue weighted by atomic mass is 9.87. The number of likely N-dealkylation sites (tertiary alicyclic amines) is 1.